The molecule has 128 valence electrons. The van der Waals surface area contributed by atoms with Gasteiger partial charge in [0.15, 0.2) is 0 Å². The molecular weight excluding hydrogens is 318 g/mol. The molecule has 0 unspecified atom stereocenters. The lowest BCUT2D eigenvalue weighted by molar-refractivity contribution is -0.141. The smallest absolute Gasteiger partial charge is 0.312 e. The first kappa shape index (κ1) is 14.9. The van der Waals surface area contributed by atoms with Crippen molar-refractivity contribution in [3.8, 4) is 5.75 Å². The number of ether oxygens (including phenoxy) is 1. The van der Waals surface area contributed by atoms with Crippen LogP contribution in [0.15, 0.2) is 42.5 Å². The number of carbonyl (C=O) groups excluding carboxylic acids is 3. The summed E-state index contributed by atoms with van der Waals surface area (Å²) in [4.78, 5) is 38.9. The zero-order chi connectivity index (χ0) is 17.1. The van der Waals surface area contributed by atoms with Gasteiger partial charge < -0.3 is 4.74 Å². The van der Waals surface area contributed by atoms with Gasteiger partial charge in [0.05, 0.1) is 18.3 Å². The van der Waals surface area contributed by atoms with Crippen LogP contribution in [0.4, 0.5) is 0 Å². The van der Waals surface area contributed by atoms with Crippen molar-refractivity contribution in [2.45, 2.75) is 12.8 Å². The van der Waals surface area contributed by atoms with Crippen molar-refractivity contribution in [2.75, 3.05) is 6.54 Å². The molecule has 1 aromatic rings. The lowest BCUT2D eigenvalue weighted by Gasteiger charge is -2.37. The van der Waals surface area contributed by atoms with E-state index in [1.54, 1.807) is 24.3 Å². The summed E-state index contributed by atoms with van der Waals surface area (Å²) in [5, 5.41) is 0. The van der Waals surface area contributed by atoms with Crippen LogP contribution in [-0.4, -0.2) is 29.2 Å². The van der Waals surface area contributed by atoms with E-state index in [-0.39, 0.29) is 48.5 Å². The quantitative estimate of drug-likeness (QED) is 0.365. The van der Waals surface area contributed by atoms with E-state index in [0.29, 0.717) is 17.6 Å². The molecule has 1 saturated heterocycles. The van der Waals surface area contributed by atoms with E-state index in [1.165, 1.54) is 4.90 Å². The van der Waals surface area contributed by atoms with Crippen molar-refractivity contribution in [3.63, 3.8) is 0 Å². The normalized spacial score (nSPS) is 37.0. The van der Waals surface area contributed by atoms with Crippen molar-refractivity contribution in [2.24, 2.45) is 35.5 Å². The third-order valence-corrected chi connectivity index (χ3v) is 6.27. The molecule has 5 aliphatic rings. The largest absolute Gasteiger partial charge is 0.426 e. The average molecular weight is 337 g/mol. The summed E-state index contributed by atoms with van der Waals surface area (Å²) < 4.78 is 5.24. The molecular formula is C20H19NO4. The third kappa shape index (κ3) is 2.18. The van der Waals surface area contributed by atoms with Crippen molar-refractivity contribution in [1.82, 2.24) is 4.90 Å². The van der Waals surface area contributed by atoms with E-state index in [0.717, 1.165) is 6.42 Å². The molecule has 1 aromatic carbocycles. The minimum Gasteiger partial charge on any atom is -0.426 e. The van der Waals surface area contributed by atoms with Gasteiger partial charge >= 0.3 is 5.97 Å². The van der Waals surface area contributed by atoms with Gasteiger partial charge in [0.2, 0.25) is 11.8 Å². The topological polar surface area (TPSA) is 63.7 Å². The number of amides is 2. The minimum atomic E-state index is -0.425. The molecule has 5 nitrogen and oxygen atoms in total. The third-order valence-electron chi connectivity index (χ3n) is 6.27. The van der Waals surface area contributed by atoms with Crippen LogP contribution in [0.1, 0.15) is 12.8 Å². The Kier molecular flexibility index (Phi) is 3.14. The standard InChI is InChI=1S/C20H19NO4/c22-16(25-11-4-2-1-3-5-11)8-9-21-19(23)17-12-6-7-13(15-10-14(12)15)18(17)20(21)24/h1-7,12-15,17-18H,8-10H2/t12-,13-,14-,15-,17-,18+/m0/s1. The first-order valence-electron chi connectivity index (χ1n) is 8.94. The molecule has 2 bridgehead atoms. The summed E-state index contributed by atoms with van der Waals surface area (Å²) in [6.07, 6.45) is 5.48. The molecule has 0 radical (unpaired) electrons. The minimum absolute atomic E-state index is 0.0292. The Hall–Kier alpha value is -2.43. The van der Waals surface area contributed by atoms with Crippen molar-refractivity contribution in [3.05, 3.63) is 42.5 Å². The second-order valence-corrected chi connectivity index (χ2v) is 7.52. The summed E-state index contributed by atoms with van der Waals surface area (Å²) >= 11 is 0. The number of imide groups is 1. The van der Waals surface area contributed by atoms with E-state index in [1.807, 2.05) is 6.07 Å². The zero-order valence-electron chi connectivity index (χ0n) is 13.7. The van der Waals surface area contributed by atoms with Crippen molar-refractivity contribution >= 4 is 17.8 Å². The zero-order valence-corrected chi connectivity index (χ0v) is 13.7. The van der Waals surface area contributed by atoms with Gasteiger partial charge in [0, 0.05) is 6.54 Å². The lowest BCUT2D eigenvalue weighted by atomic mass is 9.63. The van der Waals surface area contributed by atoms with E-state index >= 15 is 0 Å². The molecule has 1 heterocycles. The molecule has 6 atom stereocenters. The summed E-state index contributed by atoms with van der Waals surface area (Å²) in [5.41, 5.74) is 0. The summed E-state index contributed by atoms with van der Waals surface area (Å²) in [6.45, 7) is 0.116. The maximum absolute atomic E-state index is 12.8. The van der Waals surface area contributed by atoms with Gasteiger partial charge in [-0.05, 0) is 42.2 Å². The number of likely N-dealkylation sites (tertiary alicyclic amines) is 1. The number of para-hydroxylation sites is 1. The molecule has 0 spiro atoms. The second kappa shape index (κ2) is 5.28. The molecule has 4 aliphatic carbocycles. The Morgan fingerprint density at radius 1 is 1.00 bits per heavy atom. The van der Waals surface area contributed by atoms with E-state index in [9.17, 15) is 14.4 Å². The van der Waals surface area contributed by atoms with Crippen molar-refractivity contribution < 1.29 is 19.1 Å². The number of carbonyl (C=O) groups is 3. The number of benzene rings is 1. The van der Waals surface area contributed by atoms with Crippen LogP contribution >= 0.6 is 0 Å². The van der Waals surface area contributed by atoms with Crippen LogP contribution in [0.3, 0.4) is 0 Å². The Morgan fingerprint density at radius 2 is 1.60 bits per heavy atom. The van der Waals surface area contributed by atoms with Gasteiger partial charge in [0.25, 0.3) is 0 Å². The lowest BCUT2D eigenvalue weighted by Crippen LogP contribution is -2.40. The van der Waals surface area contributed by atoms with Gasteiger partial charge in [-0.3, -0.25) is 19.3 Å². The first-order valence-corrected chi connectivity index (χ1v) is 8.94. The number of esters is 1. The van der Waals surface area contributed by atoms with Crippen LogP contribution in [0.2, 0.25) is 0 Å². The van der Waals surface area contributed by atoms with Gasteiger partial charge in [-0.15, -0.1) is 0 Å². The van der Waals surface area contributed by atoms with E-state index in [2.05, 4.69) is 12.2 Å². The van der Waals surface area contributed by atoms with E-state index in [4.69, 9.17) is 4.74 Å². The number of hydrogen-bond donors (Lipinski definition) is 0. The molecule has 2 amide bonds. The van der Waals surface area contributed by atoms with Gasteiger partial charge in [-0.25, -0.2) is 0 Å². The molecule has 2 saturated carbocycles. The van der Waals surface area contributed by atoms with Gasteiger partial charge in [-0.2, -0.15) is 0 Å². The molecule has 25 heavy (non-hydrogen) atoms. The number of nitrogens with zero attached hydrogens (tertiary/aromatic N) is 1. The monoisotopic (exact) mass is 337 g/mol. The Bertz CT molecular complexity index is 750. The fourth-order valence-electron chi connectivity index (χ4n) is 5.11. The summed E-state index contributed by atoms with van der Waals surface area (Å²) in [6, 6.07) is 8.82. The highest BCUT2D eigenvalue weighted by Gasteiger charge is 2.66. The second-order valence-electron chi connectivity index (χ2n) is 7.52. The Labute approximate surface area is 145 Å². The molecule has 1 aliphatic heterocycles. The average Bonchev–Trinajstić information content (AvgIpc) is 3.40. The predicted octanol–water partition coefficient (Wildman–Crippen LogP) is 2.04. The molecule has 5 heteroatoms. The molecule has 0 aromatic heterocycles. The Balaban J connectivity index is 1.26. The van der Waals surface area contributed by atoms with Gasteiger partial charge in [-0.1, -0.05) is 30.4 Å². The molecule has 3 fully saturated rings. The number of rotatable bonds is 4. The highest BCUT2D eigenvalue weighted by Crippen LogP contribution is 2.65. The predicted molar refractivity (Wildman–Crippen MR) is 88.1 cm³/mol. The first-order chi connectivity index (χ1) is 12.1. The highest BCUT2D eigenvalue weighted by molar-refractivity contribution is 6.06. The molecule has 0 N–H and O–H groups in total. The SMILES string of the molecule is O=C(CCN1C(=O)[C@@H]2[C@H]3C=C[C@@H]([C@@H]4C[C@@H]34)[C@@H]2C1=O)Oc1ccccc1. The van der Waals surface area contributed by atoms with Crippen LogP contribution < -0.4 is 4.74 Å². The highest BCUT2D eigenvalue weighted by atomic mass is 16.5. The van der Waals surface area contributed by atoms with Crippen LogP contribution in [0, 0.1) is 35.5 Å². The molecule has 6 rings (SSSR count). The number of hydrogen-bond acceptors (Lipinski definition) is 4. The van der Waals surface area contributed by atoms with E-state index < -0.39 is 5.97 Å². The number of allylic oxidation sites excluding steroid dienone is 2. The van der Waals surface area contributed by atoms with Crippen LogP contribution in [0.5, 0.6) is 5.75 Å². The van der Waals surface area contributed by atoms with Crippen LogP contribution in [0.25, 0.3) is 0 Å². The summed E-state index contributed by atoms with van der Waals surface area (Å²) in [5.74, 6) is 1.10. The maximum atomic E-state index is 12.8. The van der Waals surface area contributed by atoms with Crippen molar-refractivity contribution in [1.29, 1.82) is 0 Å². The fraction of sp³-hybridized carbons (Fsp3) is 0.450. The fourth-order valence-corrected chi connectivity index (χ4v) is 5.11. The maximum Gasteiger partial charge on any atom is 0.312 e. The summed E-state index contributed by atoms with van der Waals surface area (Å²) in [7, 11) is 0. The van der Waals surface area contributed by atoms with Crippen LogP contribution in [-0.2, 0) is 14.4 Å². The van der Waals surface area contributed by atoms with Gasteiger partial charge in [0.1, 0.15) is 5.75 Å². The Morgan fingerprint density at radius 3 is 2.20 bits per heavy atom.